The first kappa shape index (κ1) is 14.7. The Balaban J connectivity index is 1.86. The Kier molecular flexibility index (Phi) is 5.24. The maximum atomic E-state index is 11.7. The summed E-state index contributed by atoms with van der Waals surface area (Å²) in [6.07, 6.45) is 4.73. The van der Waals surface area contributed by atoms with E-state index in [4.69, 9.17) is 0 Å². The monoisotopic (exact) mass is 289 g/mol. The first-order valence-corrected chi connectivity index (χ1v) is 7.64. The van der Waals surface area contributed by atoms with Gasteiger partial charge in [0.1, 0.15) is 0 Å². The molecule has 0 aliphatic heterocycles. The van der Waals surface area contributed by atoms with E-state index in [1.54, 1.807) is 23.7 Å². The van der Waals surface area contributed by atoms with Crippen LogP contribution in [0.4, 0.5) is 0 Å². The number of thiazole rings is 1. The number of aromatic nitrogens is 2. The molecule has 0 fully saturated rings. The van der Waals surface area contributed by atoms with Gasteiger partial charge in [0.2, 0.25) is 5.91 Å². The van der Waals surface area contributed by atoms with Gasteiger partial charge in [0.15, 0.2) is 0 Å². The van der Waals surface area contributed by atoms with E-state index in [2.05, 4.69) is 29.1 Å². The molecule has 20 heavy (non-hydrogen) atoms. The van der Waals surface area contributed by atoms with Crippen LogP contribution in [0, 0.1) is 5.92 Å². The lowest BCUT2D eigenvalue weighted by molar-refractivity contribution is -0.121. The van der Waals surface area contributed by atoms with Crippen LogP contribution in [0.3, 0.4) is 0 Å². The van der Waals surface area contributed by atoms with Crippen molar-refractivity contribution in [3.8, 4) is 11.3 Å². The van der Waals surface area contributed by atoms with Gasteiger partial charge in [0.25, 0.3) is 0 Å². The topological polar surface area (TPSA) is 54.9 Å². The van der Waals surface area contributed by atoms with Crippen LogP contribution < -0.4 is 5.32 Å². The molecule has 1 amide bonds. The van der Waals surface area contributed by atoms with Gasteiger partial charge >= 0.3 is 0 Å². The van der Waals surface area contributed by atoms with E-state index >= 15 is 0 Å². The molecular formula is C15H19N3OS. The van der Waals surface area contributed by atoms with Crippen molar-refractivity contribution in [1.29, 1.82) is 0 Å². The maximum absolute atomic E-state index is 11.7. The van der Waals surface area contributed by atoms with Gasteiger partial charge in [-0.2, -0.15) is 0 Å². The Hall–Kier alpha value is -1.75. The Morgan fingerprint density at radius 2 is 2.30 bits per heavy atom. The molecule has 5 heteroatoms. The van der Waals surface area contributed by atoms with Crippen LogP contribution in [-0.4, -0.2) is 22.4 Å². The van der Waals surface area contributed by atoms with Crippen LogP contribution in [0.1, 0.15) is 25.3 Å². The largest absolute Gasteiger partial charge is 0.356 e. The standard InChI is InChI=1S/C15H19N3OS/c1-11(2)8-17-14(19)5-6-15-18-13(10-20-15)12-4-3-7-16-9-12/h3-4,7,9-11H,5-6,8H2,1-2H3,(H,17,19). The van der Waals surface area contributed by atoms with E-state index in [-0.39, 0.29) is 5.91 Å². The number of amides is 1. The molecule has 0 aliphatic carbocycles. The molecule has 0 saturated heterocycles. The summed E-state index contributed by atoms with van der Waals surface area (Å²) in [6.45, 7) is 4.90. The molecule has 2 rings (SSSR count). The van der Waals surface area contributed by atoms with Gasteiger partial charge in [-0.1, -0.05) is 13.8 Å². The number of pyridine rings is 1. The minimum Gasteiger partial charge on any atom is -0.356 e. The van der Waals surface area contributed by atoms with Crippen molar-refractivity contribution in [2.45, 2.75) is 26.7 Å². The molecule has 0 aliphatic rings. The molecule has 4 nitrogen and oxygen atoms in total. The Labute approximate surface area is 123 Å². The summed E-state index contributed by atoms with van der Waals surface area (Å²) in [5.74, 6) is 0.577. The van der Waals surface area contributed by atoms with Gasteiger partial charge in [-0.25, -0.2) is 4.98 Å². The number of nitrogens with one attached hydrogen (secondary N) is 1. The molecule has 0 spiro atoms. The van der Waals surface area contributed by atoms with Crippen LogP contribution in [0.5, 0.6) is 0 Å². The highest BCUT2D eigenvalue weighted by atomic mass is 32.1. The number of carbonyl (C=O) groups is 1. The van der Waals surface area contributed by atoms with Crippen molar-refractivity contribution in [2.75, 3.05) is 6.54 Å². The third-order valence-electron chi connectivity index (χ3n) is 2.78. The number of rotatable bonds is 6. The van der Waals surface area contributed by atoms with E-state index in [0.29, 0.717) is 18.8 Å². The van der Waals surface area contributed by atoms with E-state index in [1.807, 2.05) is 17.5 Å². The molecular weight excluding hydrogens is 270 g/mol. The first-order chi connectivity index (χ1) is 9.65. The third kappa shape index (κ3) is 4.42. The lowest BCUT2D eigenvalue weighted by atomic mass is 10.2. The second-order valence-electron chi connectivity index (χ2n) is 5.07. The quantitative estimate of drug-likeness (QED) is 0.889. The average Bonchev–Trinajstić information content (AvgIpc) is 2.93. The summed E-state index contributed by atoms with van der Waals surface area (Å²) in [4.78, 5) is 20.3. The van der Waals surface area contributed by atoms with E-state index < -0.39 is 0 Å². The van der Waals surface area contributed by atoms with Crippen molar-refractivity contribution < 1.29 is 4.79 Å². The molecule has 106 valence electrons. The minimum atomic E-state index is 0.0943. The molecule has 0 aromatic carbocycles. The van der Waals surface area contributed by atoms with Crippen molar-refractivity contribution in [3.63, 3.8) is 0 Å². The predicted molar refractivity (Wildman–Crippen MR) is 81.5 cm³/mol. The van der Waals surface area contributed by atoms with Crippen LogP contribution in [0.15, 0.2) is 29.9 Å². The number of carbonyl (C=O) groups excluding carboxylic acids is 1. The Morgan fingerprint density at radius 3 is 3.00 bits per heavy atom. The highest BCUT2D eigenvalue weighted by molar-refractivity contribution is 7.09. The van der Waals surface area contributed by atoms with Gasteiger partial charge in [0.05, 0.1) is 10.7 Å². The molecule has 0 bridgehead atoms. The second-order valence-corrected chi connectivity index (χ2v) is 6.01. The van der Waals surface area contributed by atoms with Crippen molar-refractivity contribution in [3.05, 3.63) is 34.9 Å². The smallest absolute Gasteiger partial charge is 0.220 e. The zero-order chi connectivity index (χ0) is 14.4. The normalized spacial score (nSPS) is 10.8. The number of nitrogens with zero attached hydrogens (tertiary/aromatic N) is 2. The lowest BCUT2D eigenvalue weighted by Crippen LogP contribution is -2.27. The Bertz CT molecular complexity index is 551. The second kappa shape index (κ2) is 7.14. The Morgan fingerprint density at radius 1 is 1.45 bits per heavy atom. The molecule has 0 radical (unpaired) electrons. The maximum Gasteiger partial charge on any atom is 0.220 e. The fourth-order valence-electron chi connectivity index (χ4n) is 1.70. The van der Waals surface area contributed by atoms with Gasteiger partial charge in [-0.15, -0.1) is 11.3 Å². The van der Waals surface area contributed by atoms with E-state index in [0.717, 1.165) is 22.8 Å². The van der Waals surface area contributed by atoms with Crippen molar-refractivity contribution >= 4 is 17.2 Å². The number of aryl methyl sites for hydroxylation is 1. The molecule has 0 unspecified atom stereocenters. The summed E-state index contributed by atoms with van der Waals surface area (Å²) in [7, 11) is 0. The molecule has 2 aromatic rings. The highest BCUT2D eigenvalue weighted by Gasteiger charge is 2.07. The SMILES string of the molecule is CC(C)CNC(=O)CCc1nc(-c2cccnc2)cs1. The van der Waals surface area contributed by atoms with Gasteiger partial charge in [0, 0.05) is 42.7 Å². The first-order valence-electron chi connectivity index (χ1n) is 6.76. The summed E-state index contributed by atoms with van der Waals surface area (Å²) in [6, 6.07) is 3.88. The zero-order valence-corrected chi connectivity index (χ0v) is 12.6. The molecule has 0 atom stereocenters. The summed E-state index contributed by atoms with van der Waals surface area (Å²) in [5.41, 5.74) is 1.94. The van der Waals surface area contributed by atoms with Crippen LogP contribution in [0.25, 0.3) is 11.3 Å². The molecule has 2 heterocycles. The number of hydrogen-bond donors (Lipinski definition) is 1. The van der Waals surface area contributed by atoms with Gasteiger partial charge in [-0.3, -0.25) is 9.78 Å². The molecule has 2 aromatic heterocycles. The predicted octanol–water partition coefficient (Wildman–Crippen LogP) is 2.91. The zero-order valence-electron chi connectivity index (χ0n) is 11.8. The number of hydrogen-bond acceptors (Lipinski definition) is 4. The fourth-order valence-corrected chi connectivity index (χ4v) is 2.51. The fraction of sp³-hybridized carbons (Fsp3) is 0.400. The van der Waals surface area contributed by atoms with Crippen molar-refractivity contribution in [2.24, 2.45) is 5.92 Å². The summed E-state index contributed by atoms with van der Waals surface area (Å²) in [5, 5.41) is 5.92. The average molecular weight is 289 g/mol. The van der Waals surface area contributed by atoms with Crippen LogP contribution in [-0.2, 0) is 11.2 Å². The lowest BCUT2D eigenvalue weighted by Gasteiger charge is -2.06. The third-order valence-corrected chi connectivity index (χ3v) is 3.69. The van der Waals surface area contributed by atoms with E-state index in [1.165, 1.54) is 0 Å². The van der Waals surface area contributed by atoms with Crippen molar-refractivity contribution in [1.82, 2.24) is 15.3 Å². The molecule has 0 saturated carbocycles. The van der Waals surface area contributed by atoms with Gasteiger partial charge < -0.3 is 5.32 Å². The minimum absolute atomic E-state index is 0.0943. The summed E-state index contributed by atoms with van der Waals surface area (Å²) >= 11 is 1.59. The van der Waals surface area contributed by atoms with Gasteiger partial charge in [-0.05, 0) is 18.1 Å². The van der Waals surface area contributed by atoms with E-state index in [9.17, 15) is 4.79 Å². The van der Waals surface area contributed by atoms with Crippen LogP contribution in [0.2, 0.25) is 0 Å². The summed E-state index contributed by atoms with van der Waals surface area (Å²) < 4.78 is 0. The highest BCUT2D eigenvalue weighted by Crippen LogP contribution is 2.21. The van der Waals surface area contributed by atoms with Crippen LogP contribution >= 0.6 is 11.3 Å². The molecule has 1 N–H and O–H groups in total.